The average molecular weight is 226 g/mol. The van der Waals surface area contributed by atoms with Gasteiger partial charge in [-0.25, -0.2) is 0 Å². The minimum atomic E-state index is -0.287. The molecule has 0 bridgehead atoms. The highest BCUT2D eigenvalue weighted by Gasteiger charge is 2.16. The van der Waals surface area contributed by atoms with Crippen molar-refractivity contribution in [2.24, 2.45) is 0 Å². The van der Waals surface area contributed by atoms with Crippen molar-refractivity contribution in [3.8, 4) is 0 Å². The molecule has 5 nitrogen and oxygen atoms in total. The van der Waals surface area contributed by atoms with E-state index in [0.29, 0.717) is 13.1 Å². The highest BCUT2D eigenvalue weighted by molar-refractivity contribution is 5.96. The monoisotopic (exact) mass is 226 g/mol. The molecule has 0 aromatic carbocycles. The fourth-order valence-electron chi connectivity index (χ4n) is 1.49. The Morgan fingerprint density at radius 2 is 2.12 bits per heavy atom. The van der Waals surface area contributed by atoms with Crippen molar-refractivity contribution >= 4 is 11.8 Å². The molecule has 2 amide bonds. The van der Waals surface area contributed by atoms with Gasteiger partial charge in [-0.1, -0.05) is 6.08 Å². The normalized spacial score (nSPS) is 19.1. The third-order valence-electron chi connectivity index (χ3n) is 2.32. The number of nitrogens with one attached hydrogen (secondary N) is 2. The molecule has 16 heavy (non-hydrogen) atoms. The Bertz CT molecular complexity index is 260. The molecule has 90 valence electrons. The molecule has 1 unspecified atom stereocenters. The Morgan fingerprint density at radius 3 is 2.75 bits per heavy atom. The van der Waals surface area contributed by atoms with Gasteiger partial charge < -0.3 is 15.4 Å². The van der Waals surface area contributed by atoms with Crippen LogP contribution in [0.4, 0.5) is 0 Å². The average Bonchev–Trinajstić information content (AvgIpc) is 2.76. The van der Waals surface area contributed by atoms with E-state index in [0.717, 1.165) is 19.4 Å². The van der Waals surface area contributed by atoms with Crippen LogP contribution in [0.2, 0.25) is 0 Å². The number of carbonyl (C=O) groups is 2. The molecular formula is C11H18N2O3. The van der Waals surface area contributed by atoms with E-state index >= 15 is 0 Å². The second-order valence-electron chi connectivity index (χ2n) is 3.71. The molecule has 1 aliphatic rings. The van der Waals surface area contributed by atoms with E-state index in [9.17, 15) is 9.59 Å². The SMILES string of the molecule is C=CCNC(=O)CC(=O)NCC1CCCO1. The smallest absolute Gasteiger partial charge is 0.229 e. The number of rotatable bonds is 6. The van der Waals surface area contributed by atoms with Gasteiger partial charge in [-0.3, -0.25) is 9.59 Å². The Balaban J connectivity index is 2.09. The minimum absolute atomic E-state index is 0.111. The lowest BCUT2D eigenvalue weighted by Crippen LogP contribution is -2.35. The van der Waals surface area contributed by atoms with E-state index in [1.54, 1.807) is 6.08 Å². The zero-order chi connectivity index (χ0) is 11.8. The van der Waals surface area contributed by atoms with Gasteiger partial charge in [0.05, 0.1) is 6.10 Å². The number of hydrogen-bond acceptors (Lipinski definition) is 3. The molecule has 5 heteroatoms. The maximum Gasteiger partial charge on any atom is 0.229 e. The molecule has 1 heterocycles. The summed E-state index contributed by atoms with van der Waals surface area (Å²) in [5.74, 6) is -0.554. The third kappa shape index (κ3) is 4.93. The fourth-order valence-corrected chi connectivity index (χ4v) is 1.49. The van der Waals surface area contributed by atoms with Gasteiger partial charge in [-0.05, 0) is 12.8 Å². The van der Waals surface area contributed by atoms with Crippen molar-refractivity contribution in [1.82, 2.24) is 10.6 Å². The second-order valence-corrected chi connectivity index (χ2v) is 3.71. The van der Waals surface area contributed by atoms with Gasteiger partial charge >= 0.3 is 0 Å². The Morgan fingerprint density at radius 1 is 1.38 bits per heavy atom. The van der Waals surface area contributed by atoms with Crippen LogP contribution < -0.4 is 10.6 Å². The lowest BCUT2D eigenvalue weighted by atomic mass is 10.2. The topological polar surface area (TPSA) is 67.4 Å². The van der Waals surface area contributed by atoms with E-state index < -0.39 is 0 Å². The van der Waals surface area contributed by atoms with Crippen LogP contribution in [0.3, 0.4) is 0 Å². The Labute approximate surface area is 95.2 Å². The van der Waals surface area contributed by atoms with E-state index in [4.69, 9.17) is 4.74 Å². The number of carbonyl (C=O) groups excluding carboxylic acids is 2. The molecule has 1 fully saturated rings. The van der Waals surface area contributed by atoms with Gasteiger partial charge in [0.2, 0.25) is 11.8 Å². The summed E-state index contributed by atoms with van der Waals surface area (Å²) in [7, 11) is 0. The molecule has 0 aromatic heterocycles. The molecule has 0 aliphatic carbocycles. The number of amides is 2. The number of hydrogen-bond donors (Lipinski definition) is 2. The van der Waals surface area contributed by atoms with Crippen LogP contribution in [0.25, 0.3) is 0 Å². The Kier molecular flexibility index (Phi) is 5.56. The summed E-state index contributed by atoms with van der Waals surface area (Å²) in [5, 5.41) is 5.22. The fraction of sp³-hybridized carbons (Fsp3) is 0.636. The predicted octanol–water partition coefficient (Wildman–Crippen LogP) is -0.0261. The molecular weight excluding hydrogens is 208 g/mol. The van der Waals surface area contributed by atoms with Crippen molar-refractivity contribution in [1.29, 1.82) is 0 Å². The molecule has 1 saturated heterocycles. The maximum absolute atomic E-state index is 11.3. The van der Waals surface area contributed by atoms with Crippen LogP contribution in [0.1, 0.15) is 19.3 Å². The zero-order valence-electron chi connectivity index (χ0n) is 9.33. The summed E-state index contributed by atoms with van der Waals surface area (Å²) in [5.41, 5.74) is 0. The maximum atomic E-state index is 11.3. The van der Waals surface area contributed by atoms with Gasteiger partial charge in [0, 0.05) is 19.7 Å². The lowest BCUT2D eigenvalue weighted by molar-refractivity contribution is -0.129. The van der Waals surface area contributed by atoms with Crippen LogP contribution in [0.15, 0.2) is 12.7 Å². The quantitative estimate of drug-likeness (QED) is 0.494. The van der Waals surface area contributed by atoms with E-state index in [1.165, 1.54) is 0 Å². The summed E-state index contributed by atoms with van der Waals surface area (Å²) < 4.78 is 5.34. The number of ether oxygens (including phenoxy) is 1. The van der Waals surface area contributed by atoms with Gasteiger partial charge in [0.15, 0.2) is 0 Å². The second kappa shape index (κ2) is 7.00. The van der Waals surface area contributed by atoms with Gasteiger partial charge in [0.25, 0.3) is 0 Å². The van der Waals surface area contributed by atoms with E-state index in [2.05, 4.69) is 17.2 Å². The van der Waals surface area contributed by atoms with E-state index in [-0.39, 0.29) is 24.3 Å². The molecule has 1 atom stereocenters. The molecule has 0 saturated carbocycles. The largest absolute Gasteiger partial charge is 0.376 e. The molecule has 2 N–H and O–H groups in total. The lowest BCUT2D eigenvalue weighted by Gasteiger charge is -2.10. The van der Waals surface area contributed by atoms with Crippen molar-refractivity contribution in [3.63, 3.8) is 0 Å². The van der Waals surface area contributed by atoms with Gasteiger partial charge in [-0.15, -0.1) is 6.58 Å². The first-order valence-electron chi connectivity index (χ1n) is 5.48. The first kappa shape index (κ1) is 12.7. The minimum Gasteiger partial charge on any atom is -0.376 e. The zero-order valence-corrected chi connectivity index (χ0v) is 9.33. The predicted molar refractivity (Wildman–Crippen MR) is 59.8 cm³/mol. The van der Waals surface area contributed by atoms with E-state index in [1.807, 2.05) is 0 Å². The summed E-state index contributed by atoms with van der Waals surface area (Å²) in [6, 6.07) is 0. The van der Waals surface area contributed by atoms with Crippen molar-refractivity contribution in [2.75, 3.05) is 19.7 Å². The highest BCUT2D eigenvalue weighted by atomic mass is 16.5. The first-order valence-corrected chi connectivity index (χ1v) is 5.48. The highest BCUT2D eigenvalue weighted by Crippen LogP contribution is 2.10. The molecule has 0 aromatic rings. The van der Waals surface area contributed by atoms with Crippen molar-refractivity contribution < 1.29 is 14.3 Å². The molecule has 0 radical (unpaired) electrons. The van der Waals surface area contributed by atoms with Crippen LogP contribution in [0.5, 0.6) is 0 Å². The summed E-state index contributed by atoms with van der Waals surface area (Å²) in [6.45, 7) is 5.11. The summed E-state index contributed by atoms with van der Waals surface area (Å²) in [6.07, 6.45) is 3.56. The van der Waals surface area contributed by atoms with Crippen molar-refractivity contribution in [3.05, 3.63) is 12.7 Å². The third-order valence-corrected chi connectivity index (χ3v) is 2.32. The van der Waals surface area contributed by atoms with Gasteiger partial charge in [-0.2, -0.15) is 0 Å². The summed E-state index contributed by atoms with van der Waals surface area (Å²) in [4.78, 5) is 22.5. The van der Waals surface area contributed by atoms with Crippen LogP contribution >= 0.6 is 0 Å². The molecule has 0 spiro atoms. The van der Waals surface area contributed by atoms with Crippen LogP contribution in [-0.4, -0.2) is 37.6 Å². The standard InChI is InChI=1S/C11H18N2O3/c1-2-5-12-10(14)7-11(15)13-8-9-4-3-6-16-9/h2,9H,1,3-8H2,(H,12,14)(H,13,15). The van der Waals surface area contributed by atoms with Crippen molar-refractivity contribution in [2.45, 2.75) is 25.4 Å². The molecule has 1 aliphatic heterocycles. The Hall–Kier alpha value is -1.36. The van der Waals surface area contributed by atoms with Crippen LogP contribution in [0, 0.1) is 0 Å². The molecule has 1 rings (SSSR count). The summed E-state index contributed by atoms with van der Waals surface area (Å²) >= 11 is 0. The first-order chi connectivity index (χ1) is 7.72. The van der Waals surface area contributed by atoms with Crippen LogP contribution in [-0.2, 0) is 14.3 Å². The van der Waals surface area contributed by atoms with Gasteiger partial charge in [0.1, 0.15) is 6.42 Å².